The number of phenols is 1. The van der Waals surface area contributed by atoms with Crippen molar-refractivity contribution in [2.45, 2.75) is 73.6 Å². The van der Waals surface area contributed by atoms with Crippen molar-refractivity contribution in [3.8, 4) is 5.75 Å². The fraction of sp³-hybridized carbons (Fsp3) is 0.278. The van der Waals surface area contributed by atoms with E-state index in [1.165, 1.54) is 95.5 Å². The molecule has 14 rings (SSSR count). The number of aliphatic hydroxyl groups excluding tert-OH is 6. The highest BCUT2D eigenvalue weighted by molar-refractivity contribution is 7.85. The molecule has 3 fully saturated rings. The van der Waals surface area contributed by atoms with Gasteiger partial charge in [-0.25, -0.2) is 68.4 Å². The van der Waals surface area contributed by atoms with Crippen molar-refractivity contribution in [3.05, 3.63) is 121 Å². The third kappa shape index (κ3) is 13.9. The van der Waals surface area contributed by atoms with Crippen molar-refractivity contribution < 1.29 is 131 Å². The second kappa shape index (κ2) is 28.2. The molecule has 6 aliphatic rings. The molecule has 16 N–H and O–H groups in total. The molecule has 0 saturated carbocycles. The normalized spacial score (nSPS) is 24.3. The molecular formula is C54H50N20O28S3. The first kappa shape index (κ1) is 73.1. The highest BCUT2D eigenvalue weighted by Crippen LogP contribution is 2.37. The standard InChI is InChI=1S/C20H18N6O10S.C19H17N7O9S.C15H15N7O9S/c21-9-4-5-22-16-13(9)23-7-25(16)19-15(29)14(28)11(36-19)6-35-37(33,34)24-20(32)26-17(30)8-2-1-3-10(27)12(8)18(26)31;20-14-11-15(22-6-21-14)25(7-23-11)18-13(28)12(27)10(35-18)5-34-36(32,33)24-19(31)26-16(29)8-3-1-2-4-9(8)17(26)30;16-12-9-13(18-4-17-12)21(5-19-9)14-11(26)10(25)6(31-14)3-30-32(28,29)20-15(27)22-7(23)1-2-8(22)24/h1-5,7,11,14-15,19,27-29H,6H2,(H2,21,22)(H,24,32);1-4,6-7,10,12-13,18,27-28H,5H2,(H,24,31)(H2,20,21,22);1-2,4-6,10-11,14,25-26H,3H2,(H,20,27)(H2,16,17,18)/t11-,14-,15-,19-;10-,12-,13-,18-;6-,10-,11-,14-/m111/s1. The topological polar surface area (TPSA) is 695 Å². The number of ether oxygens (including phenoxy) is 3. The number of amides is 12. The Labute approximate surface area is 583 Å². The Hall–Kier alpha value is -11.7. The van der Waals surface area contributed by atoms with Crippen molar-refractivity contribution in [2.24, 2.45) is 0 Å². The van der Waals surface area contributed by atoms with Crippen LogP contribution in [0.1, 0.15) is 60.1 Å². The number of aromatic nitrogens is 11. The zero-order valence-electron chi connectivity index (χ0n) is 52.2. The Kier molecular flexibility index (Phi) is 19.6. The summed E-state index contributed by atoms with van der Waals surface area (Å²) < 4.78 is 112. The number of nitrogens with two attached hydrogens (primary N) is 3. The van der Waals surface area contributed by atoms with E-state index in [2.05, 4.69) is 44.1 Å². The smallest absolute Gasteiger partial charge is 0.363 e. The van der Waals surface area contributed by atoms with E-state index in [0.29, 0.717) is 11.2 Å². The van der Waals surface area contributed by atoms with Gasteiger partial charge in [-0.1, -0.05) is 18.2 Å². The van der Waals surface area contributed by atoms with Crippen LogP contribution in [0.2, 0.25) is 0 Å². The van der Waals surface area contributed by atoms with Gasteiger partial charge in [-0.15, -0.1) is 0 Å². The summed E-state index contributed by atoms with van der Waals surface area (Å²) in [7, 11) is -14.6. The number of fused-ring (bicyclic) bond motifs is 5. The molecule has 0 bridgehead atoms. The average molecular weight is 1520 g/mol. The zero-order valence-corrected chi connectivity index (χ0v) is 54.7. The number of nitrogens with zero attached hydrogens (tertiary/aromatic N) is 14. The van der Waals surface area contributed by atoms with E-state index in [1.807, 2.05) is 0 Å². The van der Waals surface area contributed by atoms with E-state index in [-0.39, 0.29) is 71.0 Å². The van der Waals surface area contributed by atoms with E-state index >= 15 is 0 Å². The number of rotatable bonds is 15. The Morgan fingerprint density at radius 3 is 1.22 bits per heavy atom. The SMILES string of the molecule is Nc1ccnc2c1ncn2[C@@H]1O[C@H](COS(=O)(=O)NC(=O)N2C(=O)c3cccc(O)c3C2=O)[C@@H](O)[C@H]1O.Nc1ncnc2c1ncn2[C@@H]1O[C@H](COS(=O)(=O)NC(=O)N2C(=O)C=CC2=O)[C@@H](O)[C@H]1O.Nc1ncnc2c1ncn2[C@@H]1O[C@H](COS(=O)(=O)NC(=O)N2C(=O)c3ccccc3C2=O)[C@@H](O)[C@H]1O. The van der Waals surface area contributed by atoms with Crippen LogP contribution in [0.15, 0.2) is 98.5 Å². The summed E-state index contributed by atoms with van der Waals surface area (Å²) in [6.45, 7) is -2.51. The maximum absolute atomic E-state index is 12.4. The first-order chi connectivity index (χ1) is 49.7. The van der Waals surface area contributed by atoms with E-state index in [4.69, 9.17) is 39.8 Å². The van der Waals surface area contributed by atoms with Crippen LogP contribution in [0, 0.1) is 0 Å². The molecule has 0 aliphatic carbocycles. The first-order valence-corrected chi connectivity index (χ1v) is 33.8. The van der Waals surface area contributed by atoms with Gasteiger partial charge < -0.3 is 67.2 Å². The Bertz CT molecular complexity index is 5280. The van der Waals surface area contributed by atoms with Crippen molar-refractivity contribution in [1.29, 1.82) is 0 Å². The number of benzene rings is 2. The summed E-state index contributed by atoms with van der Waals surface area (Å²) in [6.07, 6.45) is -8.14. The van der Waals surface area contributed by atoms with Gasteiger partial charge in [0.15, 0.2) is 47.3 Å². The summed E-state index contributed by atoms with van der Waals surface area (Å²) >= 11 is 0. The van der Waals surface area contributed by atoms with Gasteiger partial charge in [0.05, 0.1) is 66.7 Å². The quantitative estimate of drug-likeness (QED) is 0.0425. The highest BCUT2D eigenvalue weighted by Gasteiger charge is 2.50. The number of aliphatic hydroxyl groups is 6. The number of phenolic OH excluding ortho intramolecular Hbond substituents is 1. The number of pyridine rings is 1. The van der Waals surface area contributed by atoms with Crippen LogP contribution in [0.25, 0.3) is 33.5 Å². The lowest BCUT2D eigenvalue weighted by Crippen LogP contribution is -2.47. The minimum absolute atomic E-state index is 0.00511. The van der Waals surface area contributed by atoms with Gasteiger partial charge >= 0.3 is 49.0 Å². The summed E-state index contributed by atoms with van der Waals surface area (Å²) in [6, 6.07) is 5.95. The molecule has 0 unspecified atom stereocenters. The Morgan fingerprint density at radius 2 is 0.810 bits per heavy atom. The monoisotopic (exact) mass is 1520 g/mol. The lowest BCUT2D eigenvalue weighted by Gasteiger charge is -2.17. The molecule has 12 amide bonds. The number of hydrogen-bond donors (Lipinski definition) is 13. The summed E-state index contributed by atoms with van der Waals surface area (Å²) in [5.74, 6) is -6.84. The average Bonchev–Trinajstić information content (AvgIpc) is 1.68. The summed E-state index contributed by atoms with van der Waals surface area (Å²) in [5, 5.41) is 72.0. The van der Waals surface area contributed by atoms with Crippen molar-refractivity contribution in [2.75, 3.05) is 37.0 Å². The number of imide groups is 9. The number of aromatic hydroxyl groups is 1. The van der Waals surface area contributed by atoms with Crippen LogP contribution in [0.4, 0.5) is 31.7 Å². The molecule has 105 heavy (non-hydrogen) atoms. The predicted octanol–water partition coefficient (Wildman–Crippen LogP) is -6.18. The fourth-order valence-electron chi connectivity index (χ4n) is 11.0. The molecule has 0 spiro atoms. The molecule has 552 valence electrons. The van der Waals surface area contributed by atoms with Gasteiger partial charge in [-0.2, -0.15) is 40.0 Å². The van der Waals surface area contributed by atoms with E-state index in [0.717, 1.165) is 30.9 Å². The lowest BCUT2D eigenvalue weighted by molar-refractivity contribution is -0.133. The summed E-state index contributed by atoms with van der Waals surface area (Å²) in [4.78, 5) is 141. The maximum atomic E-state index is 12.4. The molecule has 51 heteroatoms. The molecule has 3 saturated heterocycles. The number of anilines is 3. The molecule has 2 aromatic carbocycles. The van der Waals surface area contributed by atoms with Crippen molar-refractivity contribution >= 4 is 135 Å². The second-order valence-corrected chi connectivity index (χ2v) is 26.5. The van der Waals surface area contributed by atoms with E-state index < -0.39 is 189 Å². The molecule has 6 aliphatic heterocycles. The number of carbonyl (C=O) groups is 9. The van der Waals surface area contributed by atoms with Gasteiger partial charge in [0.25, 0.3) is 35.4 Å². The number of carbonyl (C=O) groups excluding carboxylic acids is 9. The Morgan fingerprint density at radius 1 is 0.448 bits per heavy atom. The van der Waals surface area contributed by atoms with Crippen molar-refractivity contribution in [1.82, 2.24) is 82.4 Å². The van der Waals surface area contributed by atoms with Crippen LogP contribution in [0.5, 0.6) is 5.75 Å². The van der Waals surface area contributed by atoms with E-state index in [1.54, 1.807) is 0 Å². The third-order valence-corrected chi connectivity index (χ3v) is 18.6. The second-order valence-electron chi connectivity index (χ2n) is 22.4. The fourth-order valence-corrected chi connectivity index (χ4v) is 13.0. The molecule has 0 radical (unpaired) electrons. The first-order valence-electron chi connectivity index (χ1n) is 29.5. The number of imidazole rings is 3. The van der Waals surface area contributed by atoms with Gasteiger partial charge in [-0.3, -0.25) is 55.0 Å². The molecule has 6 aromatic heterocycles. The molecular weight excluding hydrogens is 1470 g/mol. The summed E-state index contributed by atoms with van der Waals surface area (Å²) in [5.41, 5.74) is 18.1. The Balaban J connectivity index is 0.000000148. The predicted molar refractivity (Wildman–Crippen MR) is 336 cm³/mol. The molecule has 12 atom stereocenters. The van der Waals surface area contributed by atoms with Gasteiger partial charge in [0, 0.05) is 18.3 Å². The third-order valence-electron chi connectivity index (χ3n) is 16.0. The number of nitrogens with one attached hydrogen (secondary N) is 3. The van der Waals surface area contributed by atoms with E-state index in [9.17, 15) is 104 Å². The zero-order chi connectivity index (χ0) is 75.6. The molecule has 12 heterocycles. The van der Waals surface area contributed by atoms with Gasteiger partial charge in [-0.05, 0) is 30.3 Å². The van der Waals surface area contributed by atoms with Crippen LogP contribution in [-0.4, -0.2) is 258 Å². The van der Waals surface area contributed by atoms with Gasteiger partial charge in [0.1, 0.15) is 89.9 Å². The number of urea groups is 3. The number of hydrogen-bond acceptors (Lipinski definition) is 39. The van der Waals surface area contributed by atoms with Crippen LogP contribution in [-0.2, 0) is 67.3 Å². The van der Waals surface area contributed by atoms with Gasteiger partial charge in [0.2, 0.25) is 0 Å². The number of nitrogen functional groups attached to an aromatic ring is 3. The largest absolute Gasteiger partial charge is 0.507 e. The van der Waals surface area contributed by atoms with Crippen LogP contribution in [0.3, 0.4) is 0 Å². The minimum atomic E-state index is -4.93. The lowest BCUT2D eigenvalue weighted by atomic mass is 10.1. The van der Waals surface area contributed by atoms with Crippen molar-refractivity contribution in [3.63, 3.8) is 0 Å². The minimum Gasteiger partial charge on any atom is -0.507 e. The molecule has 48 nitrogen and oxygen atoms in total. The van der Waals surface area contributed by atoms with Crippen LogP contribution >= 0.6 is 0 Å². The molecule has 8 aromatic rings. The van der Waals surface area contributed by atoms with Crippen LogP contribution < -0.4 is 31.4 Å². The highest BCUT2D eigenvalue weighted by atomic mass is 32.2. The maximum Gasteiger partial charge on any atom is 0.363 e.